The summed E-state index contributed by atoms with van der Waals surface area (Å²) in [4.78, 5) is 35.5. The maximum absolute atomic E-state index is 17.3. The molecule has 10 rings (SSSR count). The molecule has 2 aromatic heterocycles. The van der Waals surface area contributed by atoms with Crippen molar-refractivity contribution in [2.24, 2.45) is 11.8 Å². The van der Waals surface area contributed by atoms with Crippen LogP contribution < -0.4 is 19.9 Å². The molecular weight excluding hydrogens is 952 g/mol. The molecule has 5 saturated heterocycles. The molecule has 5 aromatic rings. The van der Waals surface area contributed by atoms with Gasteiger partial charge in [-0.2, -0.15) is 9.97 Å². The molecule has 75 heavy (non-hydrogen) atoms. The van der Waals surface area contributed by atoms with Crippen molar-refractivity contribution in [3.8, 4) is 29.6 Å². The van der Waals surface area contributed by atoms with E-state index in [4.69, 9.17) is 30.8 Å². The summed E-state index contributed by atoms with van der Waals surface area (Å²) in [5.74, 6) is 2.74. The summed E-state index contributed by atoms with van der Waals surface area (Å²) in [7, 11) is 1.32. The van der Waals surface area contributed by atoms with Gasteiger partial charge >= 0.3 is 6.01 Å². The summed E-state index contributed by atoms with van der Waals surface area (Å²) in [5.41, 5.74) is 3.83. The van der Waals surface area contributed by atoms with Crippen LogP contribution in [0.25, 0.3) is 32.9 Å². The van der Waals surface area contributed by atoms with E-state index in [1.54, 1.807) is 24.4 Å². The van der Waals surface area contributed by atoms with Crippen LogP contribution in [0.5, 0.6) is 6.01 Å². The summed E-state index contributed by atoms with van der Waals surface area (Å²) < 4.78 is 59.9. The second-order valence-corrected chi connectivity index (χ2v) is 22.2. The van der Waals surface area contributed by atoms with E-state index in [1.807, 2.05) is 18.2 Å². The van der Waals surface area contributed by atoms with Crippen molar-refractivity contribution >= 4 is 45.2 Å². The molecule has 3 aromatic carbocycles. The van der Waals surface area contributed by atoms with Crippen LogP contribution in [0, 0.1) is 35.8 Å². The lowest BCUT2D eigenvalue weighted by atomic mass is 9.94. The normalized spacial score (nSPS) is 23.5. The third-order valence-corrected chi connectivity index (χ3v) is 16.8. The minimum absolute atomic E-state index is 0.0427. The number of hydrogen-bond acceptors (Lipinski definition) is 12. The number of likely N-dealkylation sites (tertiary alicyclic amines) is 1. The number of rotatable bonds is 17. The van der Waals surface area contributed by atoms with Crippen LogP contribution in [0.1, 0.15) is 90.0 Å². The molecule has 0 saturated carbocycles. The third-order valence-electron chi connectivity index (χ3n) is 16.8. The Bertz CT molecular complexity index is 2920. The number of carbonyl (C=O) groups excluding carboxylic acids is 1. The first-order valence-electron chi connectivity index (χ1n) is 27.2. The zero-order chi connectivity index (χ0) is 52.4. The Labute approximate surface area is 440 Å². The van der Waals surface area contributed by atoms with E-state index in [1.165, 1.54) is 18.7 Å². The van der Waals surface area contributed by atoms with Gasteiger partial charge in [0.2, 0.25) is 0 Å². The highest BCUT2D eigenvalue weighted by molar-refractivity contribution is 6.02. The van der Waals surface area contributed by atoms with Gasteiger partial charge in [-0.3, -0.25) is 9.88 Å². The van der Waals surface area contributed by atoms with Gasteiger partial charge in [0.15, 0.2) is 5.82 Å². The van der Waals surface area contributed by atoms with Crippen LogP contribution in [-0.4, -0.2) is 132 Å². The van der Waals surface area contributed by atoms with Gasteiger partial charge in [0, 0.05) is 100 Å². The smallest absolute Gasteiger partial charge is 0.319 e. The third kappa shape index (κ3) is 11.2. The zero-order valence-corrected chi connectivity index (χ0v) is 43.9. The summed E-state index contributed by atoms with van der Waals surface area (Å²) in [6.45, 7) is 20.3. The van der Waals surface area contributed by atoms with Crippen LogP contribution in [-0.2, 0) is 9.53 Å². The largest absolute Gasteiger partial charge is 0.461 e. The summed E-state index contributed by atoms with van der Waals surface area (Å²) >= 11 is 0. The average molecular weight is 1020 g/mol. The highest BCUT2D eigenvalue weighted by Crippen LogP contribution is 2.45. The fourth-order valence-corrected chi connectivity index (χ4v) is 12.7. The molecule has 396 valence electrons. The standard InChI is InChI=1S/C60H72F3N9O3/c1-7-49-52(61)20-15-43-10-8-11-50(54(43)49)56-55(62)57-51(33-64-56)58(71-34-39(2)13-14-40(3)35-71)67-59(66-57)74-38-60-26-21-46(72(60)36-41(4)32-60)37-69-27-22-47(23-28-69)75-48-24-29-70(30-25-48)45-18-16-44(17-19-45)65-53(12-9-31-73)42(5)68(6)63/h1,8,10-11,15-20,31,33,39-40,46-48,53,65H,4-5,9,12-14,21-30,32,34-38H2,2-3,6H3. The van der Waals surface area contributed by atoms with Gasteiger partial charge in [0.1, 0.15) is 35.7 Å². The predicted molar refractivity (Wildman–Crippen MR) is 293 cm³/mol. The number of benzene rings is 3. The lowest BCUT2D eigenvalue weighted by Gasteiger charge is -2.40. The number of nitrogens with zero attached hydrogens (tertiary/aromatic N) is 8. The number of pyridine rings is 1. The van der Waals surface area contributed by atoms with Crippen LogP contribution >= 0.6 is 0 Å². The van der Waals surface area contributed by atoms with Crippen molar-refractivity contribution in [2.75, 3.05) is 81.1 Å². The molecule has 5 aliphatic rings. The van der Waals surface area contributed by atoms with E-state index in [9.17, 15) is 9.28 Å². The number of fused-ring (bicyclic) bond motifs is 3. The van der Waals surface area contributed by atoms with Crippen LogP contribution in [0.3, 0.4) is 0 Å². The molecule has 5 atom stereocenters. The minimum Gasteiger partial charge on any atom is -0.461 e. The Hall–Kier alpha value is -6.21. The number of likely N-dealkylation sites (N-methyl/N-ethyl adjacent to an activating group) is 1. The first kappa shape index (κ1) is 52.2. The SMILES string of the molecule is C#Cc1c(F)ccc2cccc(-c3ncc4c(N5CC(C)CCC(C)C5)nc(OCC56CCC(CN7CCC(OC8CCN(c9ccc(NC(CCC=O)C(=C)N(C)F)cc9)CC8)CC7)N5CC(=C)C6)nc4c3F)c12. The number of ether oxygens (including phenoxy) is 2. The molecular formula is C60H72F3N9O3. The van der Waals surface area contributed by atoms with Gasteiger partial charge in [0.05, 0.1) is 40.4 Å². The number of aromatic nitrogens is 3. The van der Waals surface area contributed by atoms with Crippen molar-refractivity contribution in [2.45, 2.75) is 114 Å². The van der Waals surface area contributed by atoms with E-state index in [0.717, 1.165) is 128 Å². The fourth-order valence-electron chi connectivity index (χ4n) is 12.7. The van der Waals surface area contributed by atoms with Crippen LogP contribution in [0.2, 0.25) is 0 Å². The average Bonchev–Trinajstić information content (AvgIpc) is 3.86. The molecule has 5 unspecified atom stereocenters. The van der Waals surface area contributed by atoms with Crippen molar-refractivity contribution in [3.63, 3.8) is 0 Å². The van der Waals surface area contributed by atoms with E-state index in [0.29, 0.717) is 70.0 Å². The van der Waals surface area contributed by atoms with E-state index in [2.05, 4.69) is 70.0 Å². The second-order valence-electron chi connectivity index (χ2n) is 22.2. The number of anilines is 3. The van der Waals surface area contributed by atoms with Gasteiger partial charge < -0.3 is 34.3 Å². The summed E-state index contributed by atoms with van der Waals surface area (Å²) in [6, 6.07) is 16.6. The maximum atomic E-state index is 17.3. The molecule has 1 N–H and O–H groups in total. The Kier molecular flexibility index (Phi) is 15.7. The first-order chi connectivity index (χ1) is 36.3. The fraction of sp³-hybridized carbons (Fsp3) is 0.500. The molecule has 0 aliphatic carbocycles. The maximum Gasteiger partial charge on any atom is 0.319 e. The Morgan fingerprint density at radius 1 is 0.960 bits per heavy atom. The van der Waals surface area contributed by atoms with Crippen molar-refractivity contribution in [3.05, 3.63) is 102 Å². The number of aldehydes is 1. The Morgan fingerprint density at radius 3 is 2.37 bits per heavy atom. The van der Waals surface area contributed by atoms with E-state index >= 15 is 8.78 Å². The number of nitrogens with one attached hydrogen (secondary N) is 1. The van der Waals surface area contributed by atoms with E-state index in [-0.39, 0.29) is 52.3 Å². The molecule has 5 aliphatic heterocycles. The first-order valence-corrected chi connectivity index (χ1v) is 27.2. The van der Waals surface area contributed by atoms with E-state index < -0.39 is 11.6 Å². The number of halogens is 3. The van der Waals surface area contributed by atoms with Crippen molar-refractivity contribution in [1.82, 2.24) is 29.9 Å². The molecule has 7 heterocycles. The van der Waals surface area contributed by atoms with Gasteiger partial charge in [-0.25, -0.2) is 13.9 Å². The van der Waals surface area contributed by atoms with Crippen molar-refractivity contribution in [1.29, 1.82) is 0 Å². The summed E-state index contributed by atoms with van der Waals surface area (Å²) in [5, 5.41) is 5.47. The lowest BCUT2D eigenvalue weighted by Crippen LogP contribution is -2.51. The molecule has 0 amide bonds. The van der Waals surface area contributed by atoms with Gasteiger partial charge in [0.25, 0.3) is 0 Å². The van der Waals surface area contributed by atoms with Crippen LogP contribution in [0.15, 0.2) is 85.2 Å². The highest BCUT2D eigenvalue weighted by Gasteiger charge is 2.51. The Balaban J connectivity index is 0.776. The highest BCUT2D eigenvalue weighted by atomic mass is 19.2. The monoisotopic (exact) mass is 1020 g/mol. The van der Waals surface area contributed by atoms with Gasteiger partial charge in [-0.05, 0) is 112 Å². The second kappa shape index (κ2) is 22.6. The number of terminal acetylenes is 1. The van der Waals surface area contributed by atoms with Gasteiger partial charge in [-0.15, -0.1) is 10.9 Å². The van der Waals surface area contributed by atoms with Crippen molar-refractivity contribution < 1.29 is 27.5 Å². The van der Waals surface area contributed by atoms with Crippen LogP contribution in [0.4, 0.5) is 30.5 Å². The molecule has 15 heteroatoms. The number of hydrogen-bond donors (Lipinski definition) is 1. The lowest BCUT2D eigenvalue weighted by molar-refractivity contribution is -0.108. The van der Waals surface area contributed by atoms with Gasteiger partial charge in [-0.1, -0.05) is 62.8 Å². The number of piperidine rings is 2. The molecule has 5 fully saturated rings. The number of carbonyl (C=O) groups is 1. The quantitative estimate of drug-likeness (QED) is 0.0415. The summed E-state index contributed by atoms with van der Waals surface area (Å²) in [6.07, 6.45) is 18.6. The molecule has 0 spiro atoms. The topological polar surface area (TPSA) is 102 Å². The molecule has 12 nitrogen and oxygen atoms in total. The zero-order valence-electron chi connectivity index (χ0n) is 43.9. The molecule has 0 radical (unpaired) electrons. The minimum atomic E-state index is -0.629. The Morgan fingerprint density at radius 2 is 1.68 bits per heavy atom. The predicted octanol–water partition coefficient (Wildman–Crippen LogP) is 10.8. The molecule has 0 bridgehead atoms.